The van der Waals surface area contributed by atoms with Crippen molar-refractivity contribution < 1.29 is 136 Å². The van der Waals surface area contributed by atoms with Crippen molar-refractivity contribution in [3.05, 3.63) is 118 Å². The number of urea groups is 1. The minimum Gasteiger partial charge on any atom is -0.508 e. The highest BCUT2D eigenvalue weighted by atomic mass is 33.1. The van der Waals surface area contributed by atoms with Crippen LogP contribution in [0.1, 0.15) is 210 Å². The van der Waals surface area contributed by atoms with Crippen molar-refractivity contribution >= 4 is 146 Å². The van der Waals surface area contributed by atoms with Crippen LogP contribution in [0.4, 0.5) is 9.59 Å². The smallest absolute Gasteiger partial charge is 0.407 e. The van der Waals surface area contributed by atoms with E-state index in [1.54, 1.807) is 107 Å². The number of esters is 2. The fraction of sp³-hybridized carbons (Fsp3) is 0.570. The van der Waals surface area contributed by atoms with Gasteiger partial charge in [-0.15, -0.1) is 11.3 Å². The first-order valence-electron chi connectivity index (χ1n) is 45.2. The number of ketones is 4. The third kappa shape index (κ3) is 44.7. The van der Waals surface area contributed by atoms with E-state index in [0.717, 1.165) is 48.5 Å². The second-order valence-electron chi connectivity index (χ2n) is 33.5. The molecule has 14 atom stereocenters. The van der Waals surface area contributed by atoms with Crippen LogP contribution in [0, 0.1) is 35.5 Å². The van der Waals surface area contributed by atoms with E-state index in [9.17, 15) is 106 Å². The van der Waals surface area contributed by atoms with Gasteiger partial charge in [-0.3, -0.25) is 81.6 Å². The van der Waals surface area contributed by atoms with Crippen molar-refractivity contribution in [1.82, 2.24) is 57.3 Å². The summed E-state index contributed by atoms with van der Waals surface area (Å²) in [6.45, 7) is 15.5. The van der Waals surface area contributed by atoms with Crippen molar-refractivity contribution in [2.75, 3.05) is 58.1 Å². The van der Waals surface area contributed by atoms with Crippen LogP contribution in [0.25, 0.3) is 0 Å². The number of nitrogens with two attached hydrogens (primary N) is 1. The third-order valence-electron chi connectivity index (χ3n) is 22.3. The second kappa shape index (κ2) is 62.6. The third-order valence-corrected chi connectivity index (χ3v) is 25.7. The van der Waals surface area contributed by atoms with E-state index in [-0.39, 0.29) is 131 Å². The number of piperidine rings is 1. The van der Waals surface area contributed by atoms with Gasteiger partial charge in [0.15, 0.2) is 42.2 Å². The van der Waals surface area contributed by atoms with E-state index < -0.39 is 206 Å². The lowest BCUT2D eigenvalue weighted by Crippen LogP contribution is -2.53. The lowest BCUT2D eigenvalue weighted by atomic mass is 9.82. The van der Waals surface area contributed by atoms with Crippen molar-refractivity contribution in [2.45, 2.75) is 245 Å². The number of phenolic OH excluding ortho intramolecular Hbond substituents is 1. The SMILES string of the molecule is CCCC(=O)OCN(C(=O)[C@@H](CC(=O)[C@H]1CCCCN1C)C(C)CC)[C@H](C[C@@H](OC(C)=O)c1nc(C(=O)N[C@@H](Cc2ccc(O)cc2)C[C@H](C)C(=O)CNC(=O)OCCSSCC)cs1)C(C)C.C[C@@H](CC(=O)[C@H](CC(=O)O)NC(=O)[C@@H](N)CNC(=O)[C@@H](CC(=O)[C@H](Cc1ccccc1)NC(=O)CCNC(=O)CC[C@H](NC(=O)N[C@@H](CCC(=O)O)OC=O)C(=O)O)Cc1ccccc1)C(=O)O. The molecule has 0 bridgehead atoms. The monoisotopic (exact) mass is 1960 g/mol. The summed E-state index contributed by atoms with van der Waals surface area (Å²) in [6.07, 6.45) is -2.21. The maximum absolute atomic E-state index is 14.9. The summed E-state index contributed by atoms with van der Waals surface area (Å²) in [5.74, 6) is -14.5. The number of aromatic nitrogens is 1. The van der Waals surface area contributed by atoms with Gasteiger partial charge in [0.1, 0.15) is 35.1 Å². The minimum absolute atomic E-state index is 0.00267. The van der Waals surface area contributed by atoms with Crippen LogP contribution < -0.4 is 48.3 Å². The molecule has 3 aromatic carbocycles. The number of hydrogen-bond donors (Lipinski definition) is 14. The number of carbonyl (C=O) groups excluding carboxylic acids is 15. The molecule has 40 nitrogen and oxygen atoms in total. The fourth-order valence-corrected chi connectivity index (χ4v) is 16.8. The molecule has 136 heavy (non-hydrogen) atoms. The Labute approximate surface area is 802 Å². The predicted molar refractivity (Wildman–Crippen MR) is 502 cm³/mol. The molecule has 1 saturated heterocycles. The number of ether oxygens (including phenoxy) is 4. The van der Waals surface area contributed by atoms with Crippen molar-refractivity contribution in [2.24, 2.45) is 41.2 Å². The number of benzene rings is 3. The number of carboxylic acid groups (broad SMARTS) is 4. The molecular weight excluding hydrogens is 1830 g/mol. The topological polar surface area (TPSA) is 604 Å². The van der Waals surface area contributed by atoms with Gasteiger partial charge in [0.05, 0.1) is 43.4 Å². The van der Waals surface area contributed by atoms with Gasteiger partial charge < -0.3 is 97.6 Å². The van der Waals surface area contributed by atoms with E-state index in [0.29, 0.717) is 41.1 Å². The predicted octanol–water partition coefficient (Wildman–Crippen LogP) is 7.18. The zero-order valence-electron chi connectivity index (χ0n) is 78.5. The van der Waals surface area contributed by atoms with Crippen molar-refractivity contribution in [1.29, 1.82) is 0 Å². The van der Waals surface area contributed by atoms with Gasteiger partial charge in [-0.25, -0.2) is 19.4 Å². The highest BCUT2D eigenvalue weighted by Gasteiger charge is 2.41. The number of Topliss-reactive ketones (excluding diaryl/α,β-unsaturated/α-hetero) is 4. The normalized spacial score (nSPS) is 15.2. The fourth-order valence-electron chi connectivity index (χ4n) is 14.5. The maximum atomic E-state index is 14.9. The molecule has 0 radical (unpaired) electrons. The number of phenols is 1. The van der Waals surface area contributed by atoms with Gasteiger partial charge in [-0.2, -0.15) is 0 Å². The quantitative estimate of drug-likeness (QED) is 0.00519. The summed E-state index contributed by atoms with van der Waals surface area (Å²) in [5, 5.41) is 68.2. The Morgan fingerprint density at radius 1 is 0.640 bits per heavy atom. The van der Waals surface area contributed by atoms with Crippen LogP contribution >= 0.6 is 32.9 Å². The first-order chi connectivity index (χ1) is 64.6. The van der Waals surface area contributed by atoms with Crippen molar-refractivity contribution in [3.63, 3.8) is 0 Å². The highest BCUT2D eigenvalue weighted by molar-refractivity contribution is 8.76. The summed E-state index contributed by atoms with van der Waals surface area (Å²) in [5.41, 5.74) is 8.16. The lowest BCUT2D eigenvalue weighted by molar-refractivity contribution is -0.162. The zero-order valence-corrected chi connectivity index (χ0v) is 80.9. The Hall–Kier alpha value is -12.0. The van der Waals surface area contributed by atoms with E-state index in [4.69, 9.17) is 30.2 Å². The largest absolute Gasteiger partial charge is 0.508 e. The molecule has 750 valence electrons. The van der Waals surface area contributed by atoms with E-state index >= 15 is 0 Å². The molecule has 2 heterocycles. The molecular formula is C93H132N12O28S3. The summed E-state index contributed by atoms with van der Waals surface area (Å²) in [4.78, 5) is 250. The average molecular weight is 1960 g/mol. The van der Waals surface area contributed by atoms with Crippen molar-refractivity contribution in [3.8, 4) is 5.75 Å². The maximum Gasteiger partial charge on any atom is 0.407 e. The van der Waals surface area contributed by atoms with E-state index in [1.807, 2.05) is 48.6 Å². The summed E-state index contributed by atoms with van der Waals surface area (Å²) >= 11 is 1.11. The lowest BCUT2D eigenvalue weighted by Gasteiger charge is -2.39. The molecule has 0 aliphatic carbocycles. The molecule has 1 aliphatic heterocycles. The molecule has 9 amide bonds. The number of hydrogen-bond acceptors (Lipinski definition) is 30. The molecule has 4 aromatic rings. The Morgan fingerprint density at radius 2 is 1.29 bits per heavy atom. The van der Waals surface area contributed by atoms with Crippen LogP contribution in [0.2, 0.25) is 0 Å². The number of nitrogens with one attached hydrogen (secondary N) is 8. The second-order valence-corrected chi connectivity index (χ2v) is 37.3. The van der Waals surface area contributed by atoms with Crippen LogP contribution in [-0.4, -0.2) is 260 Å². The van der Waals surface area contributed by atoms with Gasteiger partial charge in [0.2, 0.25) is 29.5 Å². The van der Waals surface area contributed by atoms with Gasteiger partial charge in [0.25, 0.3) is 12.4 Å². The van der Waals surface area contributed by atoms with Crippen LogP contribution in [-0.2, 0) is 115 Å². The molecule has 0 spiro atoms. The summed E-state index contributed by atoms with van der Waals surface area (Å²) in [7, 11) is 5.20. The highest BCUT2D eigenvalue weighted by Crippen LogP contribution is 2.35. The summed E-state index contributed by atoms with van der Waals surface area (Å²) < 4.78 is 21.4. The van der Waals surface area contributed by atoms with E-state index in [2.05, 4.69) is 57.2 Å². The number of alkyl carbamates (subject to hydrolysis) is 1. The number of aliphatic carboxylic acids is 4. The Morgan fingerprint density at radius 3 is 1.89 bits per heavy atom. The number of likely N-dealkylation sites (N-methyl/N-ethyl adjacent to an activating group) is 1. The van der Waals surface area contributed by atoms with Gasteiger partial charge in [0, 0.05) is 118 Å². The Balaban J connectivity index is 0.000000568. The molecule has 1 unspecified atom stereocenters. The average Bonchev–Trinajstić information content (AvgIpc) is 1.22. The van der Waals surface area contributed by atoms with Gasteiger partial charge >= 0.3 is 47.9 Å². The molecule has 1 aliphatic rings. The molecule has 0 saturated carbocycles. The number of carbonyl (C=O) groups is 19. The van der Waals surface area contributed by atoms with Gasteiger partial charge in [-0.1, -0.05) is 163 Å². The van der Waals surface area contributed by atoms with Crippen LogP contribution in [0.5, 0.6) is 5.75 Å². The van der Waals surface area contributed by atoms with Gasteiger partial charge in [-0.05, 0) is 106 Å². The molecule has 5 rings (SSSR count). The molecule has 15 N–H and O–H groups in total. The number of carboxylic acids is 4. The Bertz CT molecular complexity index is 4590. The Kier molecular flexibility index (Phi) is 53.6. The molecule has 1 fully saturated rings. The number of rotatable bonds is 63. The number of likely N-dealkylation sites (tertiary alicyclic amines) is 1. The van der Waals surface area contributed by atoms with E-state index in [1.165, 1.54) is 30.9 Å². The summed E-state index contributed by atoms with van der Waals surface area (Å²) in [6, 6.07) is 15.2. The number of amides is 9. The van der Waals surface area contributed by atoms with Crippen LogP contribution in [0.3, 0.4) is 0 Å². The van der Waals surface area contributed by atoms with Crippen LogP contribution in [0.15, 0.2) is 90.3 Å². The number of aromatic hydroxyl groups is 1. The zero-order chi connectivity index (χ0) is 101. The first-order valence-corrected chi connectivity index (χ1v) is 48.6. The first kappa shape index (κ1) is 116. The number of thiazole rings is 1. The number of nitrogens with zero attached hydrogens (tertiary/aromatic N) is 3. The minimum atomic E-state index is -1.60. The standard InChI is InChI=1S/C49H75N5O11S3.C44H57N7O17/c1-10-15-45(59)64-30-54(48(61)38(32(6)11-2)26-42(57)40-16-13-14-21-53(40)9)41(31(4)5)27-44(65-34(8)55)47-52-39(29-66-47)46(60)51-36(25-35-17-19-37(56)20-18-35)24-33(7)43(58)28-50-49(62)63-22-23-68-67-12-3;1-25(42(63)64)18-33(53)32(22-39(59)60)49-41(62)29(45)23-47-40(61)28(19-26-8-4-2-5-9-26)21-34(54)31(20-27-10-6-3-7-11-27)48-36(56)16-17-46-35(55)13-12-30(43(65)66)50-44(67)51-37(68-24-52)14-15-38(57)58/h17-20,29,31-33,36,38,40-41,44,56H,10-16,21-28,30H2,1-9H3,(H,50,62)(H,51,60);2-11,24-25,28-32,37H,12-23,45H2,1H3,(H,46,55)(H,47,61)(H,48,56)(H,49,62)(H,57,58)(H,59,60)(H,63,64)(H,65,66)(H2,50,51,67)/t32?,33-,36+,38-,40+,41+,44+;25-,28+,29-,30-,31-,32-,37+/m00/s1. The molecule has 1 aromatic heterocycles. The molecule has 43 heteroatoms.